The summed E-state index contributed by atoms with van der Waals surface area (Å²) in [5.41, 5.74) is 1.67. The Morgan fingerprint density at radius 3 is 2.95 bits per heavy atom. The molecule has 0 radical (unpaired) electrons. The first kappa shape index (κ1) is 14.1. The van der Waals surface area contributed by atoms with Gasteiger partial charge in [0.1, 0.15) is 5.75 Å². The summed E-state index contributed by atoms with van der Waals surface area (Å²) in [6.45, 7) is 0.491. The first-order chi connectivity index (χ1) is 9.58. The molecule has 6 heteroatoms. The van der Waals surface area contributed by atoms with Crippen LogP contribution in [0, 0.1) is 0 Å². The van der Waals surface area contributed by atoms with Crippen LogP contribution in [0.5, 0.6) is 5.75 Å². The number of aliphatic carboxylic acids is 1. The van der Waals surface area contributed by atoms with Gasteiger partial charge < -0.3 is 9.84 Å². The molecule has 1 aromatic carbocycles. The molecule has 0 amide bonds. The lowest BCUT2D eigenvalue weighted by Crippen LogP contribution is -2.02. The molecule has 104 valence electrons. The van der Waals surface area contributed by atoms with Gasteiger partial charge in [-0.1, -0.05) is 17.7 Å². The number of carboxylic acid groups (broad SMARTS) is 1. The molecule has 0 saturated carbocycles. The number of halogens is 1. The summed E-state index contributed by atoms with van der Waals surface area (Å²) >= 11 is 5.83. The zero-order valence-electron chi connectivity index (χ0n) is 10.8. The molecule has 0 aliphatic rings. The maximum absolute atomic E-state index is 10.5. The molecule has 0 spiro atoms. The minimum absolute atomic E-state index is 0.491. The maximum atomic E-state index is 10.5. The predicted octanol–water partition coefficient (Wildman–Crippen LogP) is 2.69. The molecule has 1 aromatic heterocycles. The Kier molecular flexibility index (Phi) is 4.42. The van der Waals surface area contributed by atoms with Crippen LogP contribution < -0.4 is 4.74 Å². The van der Waals surface area contributed by atoms with Crippen molar-refractivity contribution in [2.45, 2.75) is 6.54 Å². The standard InChI is InChI=1S/C14H13ClN2O3/c1-20-13-4-2-10(3-5-14(18)19)6-11(13)8-17-9-12(15)7-16-17/h2-7,9H,8H2,1H3,(H,18,19). The van der Waals surface area contributed by atoms with Gasteiger partial charge in [0.15, 0.2) is 0 Å². The van der Waals surface area contributed by atoms with Gasteiger partial charge in [-0.15, -0.1) is 0 Å². The van der Waals surface area contributed by atoms with Crippen LogP contribution in [0.15, 0.2) is 36.7 Å². The van der Waals surface area contributed by atoms with Crippen LogP contribution in [-0.4, -0.2) is 28.0 Å². The summed E-state index contributed by atoms with van der Waals surface area (Å²) in [5.74, 6) is -0.273. The Morgan fingerprint density at radius 1 is 1.55 bits per heavy atom. The number of nitrogens with zero attached hydrogens (tertiary/aromatic N) is 2. The highest BCUT2D eigenvalue weighted by Gasteiger charge is 2.06. The van der Waals surface area contributed by atoms with Crippen LogP contribution in [0.2, 0.25) is 5.02 Å². The van der Waals surface area contributed by atoms with Crippen LogP contribution in [0.1, 0.15) is 11.1 Å². The van der Waals surface area contributed by atoms with Crippen molar-refractivity contribution in [2.75, 3.05) is 7.11 Å². The summed E-state index contributed by atoms with van der Waals surface area (Å²) in [6.07, 6.45) is 5.89. The summed E-state index contributed by atoms with van der Waals surface area (Å²) < 4.78 is 6.98. The Hall–Kier alpha value is -2.27. The first-order valence-corrected chi connectivity index (χ1v) is 6.22. The number of carbonyl (C=O) groups is 1. The average Bonchev–Trinajstić information content (AvgIpc) is 2.82. The summed E-state index contributed by atoms with van der Waals surface area (Å²) in [7, 11) is 1.58. The summed E-state index contributed by atoms with van der Waals surface area (Å²) in [6, 6.07) is 5.44. The lowest BCUT2D eigenvalue weighted by Gasteiger charge is -2.09. The van der Waals surface area contributed by atoms with Crippen molar-refractivity contribution < 1.29 is 14.6 Å². The molecule has 2 aromatic rings. The van der Waals surface area contributed by atoms with Gasteiger partial charge in [0.2, 0.25) is 0 Å². The van der Waals surface area contributed by atoms with Gasteiger partial charge in [0.05, 0.1) is 24.9 Å². The van der Waals surface area contributed by atoms with Crippen molar-refractivity contribution in [3.8, 4) is 5.75 Å². The van der Waals surface area contributed by atoms with Gasteiger partial charge >= 0.3 is 5.97 Å². The largest absolute Gasteiger partial charge is 0.496 e. The number of hydrogen-bond acceptors (Lipinski definition) is 3. The SMILES string of the molecule is COc1ccc(C=CC(=O)O)cc1Cn1cc(Cl)cn1. The molecule has 5 nitrogen and oxygen atoms in total. The summed E-state index contributed by atoms with van der Waals surface area (Å²) in [4.78, 5) is 10.5. The first-order valence-electron chi connectivity index (χ1n) is 5.84. The zero-order chi connectivity index (χ0) is 14.5. The van der Waals surface area contributed by atoms with Gasteiger partial charge in [-0.2, -0.15) is 5.10 Å². The Balaban J connectivity index is 2.29. The predicted molar refractivity (Wildman–Crippen MR) is 76.0 cm³/mol. The van der Waals surface area contributed by atoms with E-state index >= 15 is 0 Å². The van der Waals surface area contributed by atoms with Gasteiger partial charge in [-0.3, -0.25) is 4.68 Å². The number of benzene rings is 1. The molecule has 0 saturated heterocycles. The molecule has 1 heterocycles. The number of aromatic nitrogens is 2. The van der Waals surface area contributed by atoms with Crippen LogP contribution in [0.3, 0.4) is 0 Å². The highest BCUT2D eigenvalue weighted by Crippen LogP contribution is 2.22. The minimum atomic E-state index is -0.985. The minimum Gasteiger partial charge on any atom is -0.496 e. The molecule has 20 heavy (non-hydrogen) atoms. The van der Waals surface area contributed by atoms with Gasteiger partial charge in [-0.25, -0.2) is 4.79 Å². The van der Waals surface area contributed by atoms with Gasteiger partial charge in [-0.05, 0) is 23.8 Å². The average molecular weight is 293 g/mol. The van der Waals surface area contributed by atoms with E-state index in [1.54, 1.807) is 36.3 Å². The fourth-order valence-corrected chi connectivity index (χ4v) is 1.95. The van der Waals surface area contributed by atoms with Crippen LogP contribution in [0.25, 0.3) is 6.08 Å². The van der Waals surface area contributed by atoms with Crippen LogP contribution >= 0.6 is 11.6 Å². The second-order valence-electron chi connectivity index (χ2n) is 4.10. The number of rotatable bonds is 5. The third kappa shape index (κ3) is 3.61. The van der Waals surface area contributed by atoms with E-state index in [0.717, 1.165) is 17.2 Å². The van der Waals surface area contributed by atoms with Crippen molar-refractivity contribution in [1.29, 1.82) is 0 Å². The van der Waals surface area contributed by atoms with Crippen LogP contribution in [0.4, 0.5) is 0 Å². The number of hydrogen-bond donors (Lipinski definition) is 1. The molecule has 0 fully saturated rings. The van der Waals surface area contributed by atoms with Crippen molar-refractivity contribution in [3.05, 3.63) is 52.8 Å². The topological polar surface area (TPSA) is 64.3 Å². The van der Waals surface area contributed by atoms with Crippen molar-refractivity contribution in [1.82, 2.24) is 9.78 Å². The third-order valence-electron chi connectivity index (χ3n) is 2.66. The fourth-order valence-electron chi connectivity index (χ4n) is 1.79. The van der Waals surface area contributed by atoms with E-state index in [1.165, 1.54) is 6.08 Å². The molecule has 1 N–H and O–H groups in total. The van der Waals surface area contributed by atoms with E-state index in [1.807, 2.05) is 6.07 Å². The second-order valence-corrected chi connectivity index (χ2v) is 4.54. The van der Waals surface area contributed by atoms with Gasteiger partial charge in [0.25, 0.3) is 0 Å². The molecular formula is C14H13ClN2O3. The van der Waals surface area contributed by atoms with E-state index < -0.39 is 5.97 Å². The normalized spacial score (nSPS) is 10.9. The molecule has 0 aliphatic heterocycles. The quantitative estimate of drug-likeness (QED) is 0.861. The highest BCUT2D eigenvalue weighted by atomic mass is 35.5. The highest BCUT2D eigenvalue weighted by molar-refractivity contribution is 6.30. The Morgan fingerprint density at radius 2 is 2.35 bits per heavy atom. The number of carboxylic acids is 1. The van der Waals surface area contributed by atoms with Gasteiger partial charge in [0, 0.05) is 17.8 Å². The number of ether oxygens (including phenoxy) is 1. The number of methoxy groups -OCH3 is 1. The van der Waals surface area contributed by atoms with Crippen molar-refractivity contribution in [3.63, 3.8) is 0 Å². The molecule has 2 rings (SSSR count). The lowest BCUT2D eigenvalue weighted by atomic mass is 10.1. The second kappa shape index (κ2) is 6.25. The van der Waals surface area contributed by atoms with E-state index in [-0.39, 0.29) is 0 Å². The third-order valence-corrected chi connectivity index (χ3v) is 2.85. The van der Waals surface area contributed by atoms with E-state index in [4.69, 9.17) is 21.4 Å². The molecular weight excluding hydrogens is 280 g/mol. The van der Waals surface area contributed by atoms with Crippen molar-refractivity contribution >= 4 is 23.6 Å². The molecule has 0 unspecified atom stereocenters. The lowest BCUT2D eigenvalue weighted by molar-refractivity contribution is -0.131. The maximum Gasteiger partial charge on any atom is 0.328 e. The Labute approximate surface area is 121 Å². The van der Waals surface area contributed by atoms with Crippen molar-refractivity contribution in [2.24, 2.45) is 0 Å². The monoisotopic (exact) mass is 292 g/mol. The molecule has 0 aliphatic carbocycles. The fraction of sp³-hybridized carbons (Fsp3) is 0.143. The van der Waals surface area contributed by atoms with E-state index in [2.05, 4.69) is 5.10 Å². The van der Waals surface area contributed by atoms with E-state index in [0.29, 0.717) is 17.3 Å². The summed E-state index contributed by atoms with van der Waals surface area (Å²) in [5, 5.41) is 13.3. The Bertz CT molecular complexity index is 650. The zero-order valence-corrected chi connectivity index (χ0v) is 11.5. The smallest absolute Gasteiger partial charge is 0.328 e. The molecule has 0 atom stereocenters. The van der Waals surface area contributed by atoms with Crippen LogP contribution in [-0.2, 0) is 11.3 Å². The van der Waals surface area contributed by atoms with E-state index in [9.17, 15) is 4.79 Å². The molecule has 0 bridgehead atoms.